The minimum Gasteiger partial charge on any atom is -0.336 e. The Labute approximate surface area is 100 Å². The Morgan fingerprint density at radius 1 is 1.27 bits per heavy atom. The zero-order chi connectivity index (χ0) is 10.8. The molecule has 1 fully saturated rings. The highest BCUT2D eigenvalue weighted by Crippen LogP contribution is 2.35. The summed E-state index contributed by atoms with van der Waals surface area (Å²) in [5.74, 6) is 1.24. The molecule has 0 bridgehead atoms. The third-order valence-electron chi connectivity index (χ3n) is 3.29. The lowest BCUT2D eigenvalue weighted by Gasteiger charge is -2.22. The fraction of sp³-hybridized carbons (Fsp3) is 0.750. The van der Waals surface area contributed by atoms with Crippen molar-refractivity contribution in [1.29, 1.82) is 0 Å². The zero-order valence-corrected chi connectivity index (χ0v) is 11.1. The van der Waals surface area contributed by atoms with Crippen molar-refractivity contribution in [2.45, 2.75) is 57.8 Å². The van der Waals surface area contributed by atoms with Crippen molar-refractivity contribution in [1.82, 2.24) is 9.97 Å². The Bertz CT molecular complexity index is 324. The van der Waals surface area contributed by atoms with Gasteiger partial charge in [-0.3, -0.25) is 0 Å². The predicted octanol–water partition coefficient (Wildman–Crippen LogP) is 4.34. The number of halogens is 1. The molecule has 1 aliphatic rings. The highest BCUT2D eigenvalue weighted by molar-refractivity contribution is 9.10. The second-order valence-electron chi connectivity index (χ2n) is 4.82. The maximum atomic E-state index is 4.55. The summed E-state index contributed by atoms with van der Waals surface area (Å²) in [6, 6.07) is 0. The van der Waals surface area contributed by atoms with Gasteiger partial charge in [-0.1, -0.05) is 33.1 Å². The van der Waals surface area contributed by atoms with E-state index >= 15 is 0 Å². The van der Waals surface area contributed by atoms with Gasteiger partial charge in [0, 0.05) is 11.6 Å². The second-order valence-corrected chi connectivity index (χ2v) is 5.57. The van der Waals surface area contributed by atoms with Crippen LogP contribution >= 0.6 is 15.9 Å². The molecule has 1 saturated carbocycles. The summed E-state index contributed by atoms with van der Waals surface area (Å²) in [5, 5.41) is 0. The molecule has 0 aliphatic heterocycles. The van der Waals surface area contributed by atoms with Gasteiger partial charge >= 0.3 is 0 Å². The van der Waals surface area contributed by atoms with Crippen LogP contribution < -0.4 is 0 Å². The molecule has 1 aromatic heterocycles. The van der Waals surface area contributed by atoms with Crippen LogP contribution in [0.4, 0.5) is 0 Å². The van der Waals surface area contributed by atoms with Gasteiger partial charge in [-0.2, -0.15) is 0 Å². The Kier molecular flexibility index (Phi) is 3.49. The van der Waals surface area contributed by atoms with Crippen LogP contribution in [-0.4, -0.2) is 9.97 Å². The molecule has 0 saturated heterocycles. The van der Waals surface area contributed by atoms with E-state index in [1.807, 2.05) is 0 Å². The monoisotopic (exact) mass is 270 g/mol. The van der Waals surface area contributed by atoms with Gasteiger partial charge in [0.15, 0.2) is 4.73 Å². The molecule has 0 aromatic carbocycles. The van der Waals surface area contributed by atoms with Crippen LogP contribution in [-0.2, 0) is 0 Å². The van der Waals surface area contributed by atoms with Crippen LogP contribution in [0, 0.1) is 0 Å². The number of hydrogen-bond acceptors (Lipinski definition) is 1. The van der Waals surface area contributed by atoms with Crippen molar-refractivity contribution in [2.75, 3.05) is 0 Å². The van der Waals surface area contributed by atoms with Crippen molar-refractivity contribution in [3.8, 4) is 0 Å². The van der Waals surface area contributed by atoms with Gasteiger partial charge in [0.25, 0.3) is 0 Å². The molecular weight excluding hydrogens is 252 g/mol. The standard InChI is InChI=1S/C12H19BrN2/c1-8(2)10-11(15-12(13)14-10)9-6-4-3-5-7-9/h8-9H,3-7H2,1-2H3,(H,14,15). The normalized spacial score (nSPS) is 18.7. The number of aromatic amines is 1. The highest BCUT2D eigenvalue weighted by Gasteiger charge is 2.22. The molecule has 0 spiro atoms. The zero-order valence-electron chi connectivity index (χ0n) is 9.52. The van der Waals surface area contributed by atoms with E-state index in [1.165, 1.54) is 43.5 Å². The smallest absolute Gasteiger partial charge is 0.174 e. The van der Waals surface area contributed by atoms with Crippen LogP contribution in [0.3, 0.4) is 0 Å². The average molecular weight is 271 g/mol. The number of rotatable bonds is 2. The van der Waals surface area contributed by atoms with E-state index in [0.29, 0.717) is 5.92 Å². The third kappa shape index (κ3) is 2.44. The largest absolute Gasteiger partial charge is 0.336 e. The van der Waals surface area contributed by atoms with Crippen LogP contribution in [0.5, 0.6) is 0 Å². The highest BCUT2D eigenvalue weighted by atomic mass is 79.9. The summed E-state index contributed by atoms with van der Waals surface area (Å²) in [7, 11) is 0. The maximum absolute atomic E-state index is 4.55. The Balaban J connectivity index is 2.25. The summed E-state index contributed by atoms with van der Waals surface area (Å²) in [5.41, 5.74) is 2.64. The minimum atomic E-state index is 0.518. The van der Waals surface area contributed by atoms with Gasteiger partial charge in [-0.25, -0.2) is 4.98 Å². The Hall–Kier alpha value is -0.310. The van der Waals surface area contributed by atoms with E-state index in [9.17, 15) is 0 Å². The lowest BCUT2D eigenvalue weighted by atomic mass is 9.85. The summed E-state index contributed by atoms with van der Waals surface area (Å²) in [6.07, 6.45) is 6.81. The first-order valence-corrected chi connectivity index (χ1v) is 6.73. The Morgan fingerprint density at radius 3 is 2.53 bits per heavy atom. The number of imidazole rings is 1. The van der Waals surface area contributed by atoms with E-state index in [1.54, 1.807) is 0 Å². The maximum Gasteiger partial charge on any atom is 0.174 e. The van der Waals surface area contributed by atoms with Crippen molar-refractivity contribution < 1.29 is 0 Å². The van der Waals surface area contributed by atoms with Crippen LogP contribution in [0.2, 0.25) is 0 Å². The summed E-state index contributed by atoms with van der Waals surface area (Å²) in [4.78, 5) is 7.95. The van der Waals surface area contributed by atoms with Crippen LogP contribution in [0.1, 0.15) is 69.2 Å². The molecular formula is C12H19BrN2. The number of nitrogens with one attached hydrogen (secondary N) is 1. The molecule has 1 N–H and O–H groups in total. The van der Waals surface area contributed by atoms with Crippen LogP contribution in [0.25, 0.3) is 0 Å². The molecule has 1 heterocycles. The summed E-state index contributed by atoms with van der Waals surface area (Å²) >= 11 is 3.45. The minimum absolute atomic E-state index is 0.518. The lowest BCUT2D eigenvalue weighted by molar-refractivity contribution is 0.434. The second kappa shape index (κ2) is 4.69. The first-order valence-electron chi connectivity index (χ1n) is 5.93. The van der Waals surface area contributed by atoms with Crippen LogP contribution in [0.15, 0.2) is 4.73 Å². The molecule has 0 atom stereocenters. The fourth-order valence-corrected chi connectivity index (χ4v) is 2.92. The van der Waals surface area contributed by atoms with E-state index < -0.39 is 0 Å². The quantitative estimate of drug-likeness (QED) is 0.851. The number of hydrogen-bond donors (Lipinski definition) is 1. The predicted molar refractivity (Wildman–Crippen MR) is 66.2 cm³/mol. The van der Waals surface area contributed by atoms with E-state index in [0.717, 1.165) is 10.7 Å². The lowest BCUT2D eigenvalue weighted by Crippen LogP contribution is -2.08. The van der Waals surface area contributed by atoms with Crippen molar-refractivity contribution in [3.63, 3.8) is 0 Å². The van der Waals surface area contributed by atoms with Crippen molar-refractivity contribution in [3.05, 3.63) is 16.1 Å². The average Bonchev–Trinajstić information content (AvgIpc) is 2.62. The molecule has 0 radical (unpaired) electrons. The van der Waals surface area contributed by atoms with Gasteiger partial charge in [0.1, 0.15) is 0 Å². The van der Waals surface area contributed by atoms with E-state index in [2.05, 4.69) is 39.7 Å². The number of nitrogens with zero attached hydrogens (tertiary/aromatic N) is 1. The molecule has 0 unspecified atom stereocenters. The van der Waals surface area contributed by atoms with Gasteiger partial charge in [0.05, 0.1) is 5.69 Å². The molecule has 3 heteroatoms. The van der Waals surface area contributed by atoms with Gasteiger partial charge in [-0.05, 0) is 34.7 Å². The molecule has 2 rings (SSSR count). The van der Waals surface area contributed by atoms with Gasteiger partial charge in [-0.15, -0.1) is 0 Å². The van der Waals surface area contributed by atoms with Crippen molar-refractivity contribution >= 4 is 15.9 Å². The summed E-state index contributed by atoms with van der Waals surface area (Å²) < 4.78 is 0.895. The first-order chi connectivity index (χ1) is 7.18. The molecule has 0 amide bonds. The third-order valence-corrected chi connectivity index (χ3v) is 3.67. The number of aromatic nitrogens is 2. The van der Waals surface area contributed by atoms with E-state index in [-0.39, 0.29) is 0 Å². The molecule has 1 aliphatic carbocycles. The molecule has 1 aromatic rings. The molecule has 15 heavy (non-hydrogen) atoms. The van der Waals surface area contributed by atoms with Crippen molar-refractivity contribution in [2.24, 2.45) is 0 Å². The summed E-state index contributed by atoms with van der Waals surface area (Å²) in [6.45, 7) is 4.43. The Morgan fingerprint density at radius 2 is 1.93 bits per heavy atom. The molecule has 2 nitrogen and oxygen atoms in total. The fourth-order valence-electron chi connectivity index (χ4n) is 2.51. The van der Waals surface area contributed by atoms with Gasteiger partial charge < -0.3 is 4.98 Å². The SMILES string of the molecule is CC(C)c1nc(Br)[nH]c1C1CCCCC1. The van der Waals surface area contributed by atoms with E-state index in [4.69, 9.17) is 0 Å². The topological polar surface area (TPSA) is 28.7 Å². The number of H-pyrrole nitrogens is 1. The first kappa shape index (κ1) is 11.2. The van der Waals surface area contributed by atoms with Gasteiger partial charge in [0.2, 0.25) is 0 Å². The molecule has 84 valence electrons.